The van der Waals surface area contributed by atoms with Crippen LogP contribution in [0.1, 0.15) is 56.3 Å². The van der Waals surface area contributed by atoms with Crippen molar-refractivity contribution in [1.82, 2.24) is 20.5 Å². The molecule has 3 heterocycles. The number of piperidine rings is 1. The lowest BCUT2D eigenvalue weighted by molar-refractivity contribution is -0.122. The molecule has 2 saturated heterocycles. The van der Waals surface area contributed by atoms with E-state index in [1.165, 1.54) is 0 Å². The lowest BCUT2D eigenvalue weighted by Gasteiger charge is -2.46. The number of nitrogens with zero attached hydrogens (tertiary/aromatic N) is 2. The molecule has 160 valence electrons. The summed E-state index contributed by atoms with van der Waals surface area (Å²) in [6.45, 7) is 7.86. The normalized spacial score (nSPS) is 21.2. The fraction of sp³-hybridized carbons (Fsp3) is 0.682. The second kappa shape index (κ2) is 10.1. The van der Waals surface area contributed by atoms with Crippen LogP contribution in [0.4, 0.5) is 4.79 Å². The Morgan fingerprint density at radius 1 is 1.31 bits per heavy atom. The van der Waals surface area contributed by atoms with Gasteiger partial charge in [-0.2, -0.15) is 0 Å². The van der Waals surface area contributed by atoms with Crippen LogP contribution in [0, 0.1) is 11.8 Å². The van der Waals surface area contributed by atoms with Crippen LogP contribution in [0.15, 0.2) is 24.5 Å². The third kappa shape index (κ3) is 6.16. The molecule has 1 aromatic rings. The number of likely N-dealkylation sites (tertiary alicyclic amines) is 1. The SMILES string of the molecule is CC(C)CCNC(=O)N1CCC2(CC1)CC(CNC(=O)c1cccnc1)CCO2. The minimum Gasteiger partial charge on any atom is -0.375 e. The lowest BCUT2D eigenvalue weighted by atomic mass is 9.79. The molecule has 0 aliphatic carbocycles. The van der Waals surface area contributed by atoms with Gasteiger partial charge in [-0.3, -0.25) is 9.78 Å². The van der Waals surface area contributed by atoms with Gasteiger partial charge in [0.2, 0.25) is 0 Å². The van der Waals surface area contributed by atoms with Crippen LogP contribution < -0.4 is 10.6 Å². The third-order valence-corrected chi connectivity index (χ3v) is 6.03. The van der Waals surface area contributed by atoms with Gasteiger partial charge in [-0.1, -0.05) is 13.8 Å². The van der Waals surface area contributed by atoms with Gasteiger partial charge >= 0.3 is 6.03 Å². The summed E-state index contributed by atoms with van der Waals surface area (Å²) < 4.78 is 6.19. The quantitative estimate of drug-likeness (QED) is 0.766. The number of carbonyl (C=O) groups is 2. The van der Waals surface area contributed by atoms with Crippen LogP contribution in [0.25, 0.3) is 0 Å². The number of carbonyl (C=O) groups excluding carboxylic acids is 2. The first-order valence-electron chi connectivity index (χ1n) is 10.8. The highest BCUT2D eigenvalue weighted by Gasteiger charge is 2.41. The van der Waals surface area contributed by atoms with Crippen LogP contribution in [0.2, 0.25) is 0 Å². The first-order valence-corrected chi connectivity index (χ1v) is 10.8. The van der Waals surface area contributed by atoms with Crippen molar-refractivity contribution in [2.24, 2.45) is 11.8 Å². The van der Waals surface area contributed by atoms with E-state index in [0.717, 1.165) is 51.7 Å². The standard InChI is InChI=1S/C22H34N4O3/c1-17(2)5-10-24-21(28)26-11-7-22(8-12-26)14-18(6-13-29-22)15-25-20(27)19-4-3-9-23-16-19/h3-4,9,16-18H,5-8,10-15H2,1-2H3,(H,24,28)(H,25,27). The van der Waals surface area contributed by atoms with Crippen LogP contribution in [-0.2, 0) is 4.74 Å². The number of aromatic nitrogens is 1. The predicted molar refractivity (Wildman–Crippen MR) is 112 cm³/mol. The van der Waals surface area contributed by atoms with Gasteiger partial charge in [0.05, 0.1) is 11.2 Å². The van der Waals surface area contributed by atoms with Crippen molar-refractivity contribution in [2.75, 3.05) is 32.8 Å². The number of hydrogen-bond acceptors (Lipinski definition) is 4. The van der Waals surface area contributed by atoms with E-state index in [-0.39, 0.29) is 17.5 Å². The molecule has 7 nitrogen and oxygen atoms in total. The zero-order valence-electron chi connectivity index (χ0n) is 17.7. The molecule has 2 fully saturated rings. The minimum absolute atomic E-state index is 0.0385. The highest BCUT2D eigenvalue weighted by molar-refractivity contribution is 5.93. The average molecular weight is 403 g/mol. The van der Waals surface area contributed by atoms with Gasteiger partial charge in [-0.25, -0.2) is 4.79 Å². The van der Waals surface area contributed by atoms with E-state index in [0.29, 0.717) is 30.6 Å². The molecule has 1 aromatic heterocycles. The molecule has 1 atom stereocenters. The van der Waals surface area contributed by atoms with Crippen LogP contribution in [0.5, 0.6) is 0 Å². The van der Waals surface area contributed by atoms with Crippen molar-refractivity contribution in [3.8, 4) is 0 Å². The smallest absolute Gasteiger partial charge is 0.317 e. The Morgan fingerprint density at radius 2 is 2.10 bits per heavy atom. The summed E-state index contributed by atoms with van der Waals surface area (Å²) in [6, 6.07) is 3.58. The lowest BCUT2D eigenvalue weighted by Crippen LogP contribution is -2.53. The molecule has 2 N–H and O–H groups in total. The van der Waals surface area contributed by atoms with E-state index in [1.807, 2.05) is 4.90 Å². The summed E-state index contributed by atoms with van der Waals surface area (Å²) >= 11 is 0. The van der Waals surface area contributed by atoms with E-state index >= 15 is 0 Å². The molecular weight excluding hydrogens is 368 g/mol. The van der Waals surface area contributed by atoms with Crippen molar-refractivity contribution in [2.45, 2.75) is 51.6 Å². The Hall–Kier alpha value is -2.15. The second-order valence-corrected chi connectivity index (χ2v) is 8.74. The Labute approximate surface area is 173 Å². The number of urea groups is 1. The Bertz CT molecular complexity index is 672. The maximum absolute atomic E-state index is 12.3. The van der Waals surface area contributed by atoms with Gasteiger partial charge in [0.1, 0.15) is 0 Å². The summed E-state index contributed by atoms with van der Waals surface area (Å²) in [6.07, 6.45) is 7.85. The molecule has 3 rings (SSSR count). The molecule has 0 radical (unpaired) electrons. The fourth-order valence-corrected chi connectivity index (χ4v) is 4.18. The van der Waals surface area contributed by atoms with Crippen LogP contribution in [0.3, 0.4) is 0 Å². The van der Waals surface area contributed by atoms with E-state index in [1.54, 1.807) is 24.5 Å². The number of pyridine rings is 1. The first kappa shape index (κ1) is 21.6. The minimum atomic E-state index is -0.156. The molecule has 3 amide bonds. The van der Waals surface area contributed by atoms with Crippen molar-refractivity contribution < 1.29 is 14.3 Å². The average Bonchev–Trinajstić information content (AvgIpc) is 2.73. The molecule has 7 heteroatoms. The van der Waals surface area contributed by atoms with Gasteiger partial charge in [0, 0.05) is 45.2 Å². The Morgan fingerprint density at radius 3 is 2.79 bits per heavy atom. The van der Waals surface area contributed by atoms with Crippen molar-refractivity contribution >= 4 is 11.9 Å². The number of ether oxygens (including phenoxy) is 1. The molecule has 0 bridgehead atoms. The largest absolute Gasteiger partial charge is 0.375 e. The number of hydrogen-bond donors (Lipinski definition) is 2. The van der Waals surface area contributed by atoms with Gasteiger partial charge in [-0.05, 0) is 56.1 Å². The monoisotopic (exact) mass is 402 g/mol. The van der Waals surface area contributed by atoms with E-state index < -0.39 is 0 Å². The molecule has 2 aliphatic heterocycles. The van der Waals surface area contributed by atoms with E-state index in [9.17, 15) is 9.59 Å². The second-order valence-electron chi connectivity index (χ2n) is 8.74. The number of amides is 3. The highest BCUT2D eigenvalue weighted by atomic mass is 16.5. The summed E-state index contributed by atoms with van der Waals surface area (Å²) in [5, 5.41) is 6.07. The topological polar surface area (TPSA) is 83.6 Å². The molecule has 29 heavy (non-hydrogen) atoms. The summed E-state index contributed by atoms with van der Waals surface area (Å²) in [7, 11) is 0. The number of nitrogens with one attached hydrogen (secondary N) is 2. The summed E-state index contributed by atoms with van der Waals surface area (Å²) in [4.78, 5) is 30.5. The maximum atomic E-state index is 12.3. The van der Waals surface area contributed by atoms with Gasteiger partial charge < -0.3 is 20.3 Å². The summed E-state index contributed by atoms with van der Waals surface area (Å²) in [5.74, 6) is 0.911. The van der Waals surface area contributed by atoms with Crippen LogP contribution in [-0.4, -0.2) is 60.2 Å². The van der Waals surface area contributed by atoms with E-state index in [4.69, 9.17) is 4.74 Å². The zero-order valence-corrected chi connectivity index (χ0v) is 17.7. The molecular formula is C22H34N4O3. The van der Waals surface area contributed by atoms with Gasteiger partial charge in [-0.15, -0.1) is 0 Å². The van der Waals surface area contributed by atoms with Gasteiger partial charge in [0.25, 0.3) is 5.91 Å². The van der Waals surface area contributed by atoms with Crippen molar-refractivity contribution in [3.63, 3.8) is 0 Å². The molecule has 1 unspecified atom stereocenters. The molecule has 0 saturated carbocycles. The zero-order chi connectivity index (χ0) is 20.7. The Kier molecular flexibility index (Phi) is 7.47. The molecule has 0 aromatic carbocycles. The van der Waals surface area contributed by atoms with Crippen molar-refractivity contribution in [3.05, 3.63) is 30.1 Å². The maximum Gasteiger partial charge on any atom is 0.317 e. The molecule has 2 aliphatic rings. The van der Waals surface area contributed by atoms with E-state index in [2.05, 4.69) is 29.5 Å². The first-order chi connectivity index (χ1) is 14.0. The van der Waals surface area contributed by atoms with Crippen molar-refractivity contribution in [1.29, 1.82) is 0 Å². The third-order valence-electron chi connectivity index (χ3n) is 6.03. The summed E-state index contributed by atoms with van der Waals surface area (Å²) in [5.41, 5.74) is 0.433. The predicted octanol–water partition coefficient (Wildman–Crippen LogP) is 2.83. The molecule has 1 spiro atoms. The number of rotatable bonds is 6. The van der Waals surface area contributed by atoms with Crippen LogP contribution >= 0.6 is 0 Å². The Balaban J connectivity index is 1.43. The van der Waals surface area contributed by atoms with Gasteiger partial charge in [0.15, 0.2) is 0 Å². The fourth-order valence-electron chi connectivity index (χ4n) is 4.18. The highest BCUT2D eigenvalue weighted by Crippen LogP contribution is 2.37.